The predicted molar refractivity (Wildman–Crippen MR) is 193 cm³/mol. The van der Waals surface area contributed by atoms with Crippen LogP contribution < -0.4 is 0 Å². The molecule has 0 amide bonds. The molecule has 2 aliphatic carbocycles. The Labute approximate surface area is 274 Å². The van der Waals surface area contributed by atoms with E-state index in [1.807, 2.05) is 12.1 Å². The summed E-state index contributed by atoms with van der Waals surface area (Å²) in [4.78, 5) is 13.8. The van der Waals surface area contributed by atoms with Gasteiger partial charge in [0.25, 0.3) is 0 Å². The predicted octanol–water partition coefficient (Wildman–Crippen LogP) is 10.8. The molecule has 0 radical (unpaired) electrons. The normalized spacial score (nSPS) is 18.7. The van der Waals surface area contributed by atoms with Crippen molar-refractivity contribution in [2.75, 3.05) is 6.61 Å². The molecule has 2 bridgehead atoms. The standard InChI is InChI=1S/C43H38N2O2/c46-43(47-23-11-1-2-12-30-24-29-21-22-31(30)25-29)32-26-33(44-39-17-7-3-13-35(39)36-14-4-8-18-40(36)44)28-34(27-32)45-41-19-9-5-15-37(41)38-16-6-10-20-42(38)45/h3-10,13-22,26-31H,1-2,11-12,23-25H2. The first-order chi connectivity index (χ1) is 23.2. The minimum Gasteiger partial charge on any atom is -0.462 e. The monoisotopic (exact) mass is 614 g/mol. The van der Waals surface area contributed by atoms with Crippen LogP contribution in [0.25, 0.3) is 55.0 Å². The van der Waals surface area contributed by atoms with Gasteiger partial charge in [-0.3, -0.25) is 0 Å². The first-order valence-electron chi connectivity index (χ1n) is 17.2. The van der Waals surface area contributed by atoms with Crippen molar-refractivity contribution in [2.24, 2.45) is 17.8 Å². The fraction of sp³-hybridized carbons (Fsp3) is 0.233. The zero-order chi connectivity index (χ0) is 31.3. The first kappa shape index (κ1) is 28.2. The summed E-state index contributed by atoms with van der Waals surface area (Å²) in [5.74, 6) is 2.23. The number of hydrogen-bond acceptors (Lipinski definition) is 2. The zero-order valence-electron chi connectivity index (χ0n) is 26.5. The molecule has 3 atom stereocenters. The van der Waals surface area contributed by atoms with Crippen molar-refractivity contribution in [3.63, 3.8) is 0 Å². The molecule has 2 aromatic heterocycles. The molecular formula is C43H38N2O2. The minimum absolute atomic E-state index is 0.270. The molecule has 1 fully saturated rings. The maximum Gasteiger partial charge on any atom is 0.338 e. The Balaban J connectivity index is 1.08. The van der Waals surface area contributed by atoms with Crippen molar-refractivity contribution in [1.29, 1.82) is 0 Å². The van der Waals surface area contributed by atoms with Crippen LogP contribution >= 0.6 is 0 Å². The molecule has 7 aromatic rings. The van der Waals surface area contributed by atoms with Gasteiger partial charge in [-0.25, -0.2) is 4.79 Å². The third kappa shape index (κ3) is 4.86. The maximum absolute atomic E-state index is 13.8. The molecule has 0 saturated heterocycles. The molecule has 1 saturated carbocycles. The molecule has 5 aromatic carbocycles. The average Bonchev–Trinajstić information content (AvgIpc) is 3.90. The molecule has 47 heavy (non-hydrogen) atoms. The van der Waals surface area contributed by atoms with Crippen LogP contribution in [0.5, 0.6) is 0 Å². The lowest BCUT2D eigenvalue weighted by atomic mass is 9.89. The molecule has 9 rings (SSSR count). The Morgan fingerprint density at radius 3 is 1.57 bits per heavy atom. The third-order valence-corrected chi connectivity index (χ3v) is 10.7. The van der Waals surface area contributed by atoms with E-state index in [-0.39, 0.29) is 5.97 Å². The Bertz CT molecular complexity index is 2080. The number of esters is 1. The number of allylic oxidation sites excluding steroid dienone is 2. The smallest absolute Gasteiger partial charge is 0.338 e. The fourth-order valence-electron chi connectivity index (χ4n) is 8.53. The van der Waals surface area contributed by atoms with Gasteiger partial charge in [0.1, 0.15) is 0 Å². The van der Waals surface area contributed by atoms with Crippen molar-refractivity contribution in [1.82, 2.24) is 9.13 Å². The van der Waals surface area contributed by atoms with Gasteiger partial charge in [0.15, 0.2) is 0 Å². The van der Waals surface area contributed by atoms with Crippen molar-refractivity contribution in [2.45, 2.75) is 38.5 Å². The topological polar surface area (TPSA) is 36.2 Å². The summed E-state index contributed by atoms with van der Waals surface area (Å²) < 4.78 is 10.5. The van der Waals surface area contributed by atoms with E-state index in [1.54, 1.807) is 0 Å². The van der Waals surface area contributed by atoms with Crippen LogP contribution in [0.3, 0.4) is 0 Å². The highest BCUT2D eigenvalue weighted by Gasteiger charge is 2.34. The van der Waals surface area contributed by atoms with Crippen LogP contribution in [-0.4, -0.2) is 21.7 Å². The Morgan fingerprint density at radius 1 is 0.596 bits per heavy atom. The number of hydrogen-bond donors (Lipinski definition) is 0. The zero-order valence-corrected chi connectivity index (χ0v) is 26.5. The second-order valence-electron chi connectivity index (χ2n) is 13.5. The molecule has 4 nitrogen and oxygen atoms in total. The van der Waals surface area contributed by atoms with Crippen molar-refractivity contribution in [3.05, 3.63) is 133 Å². The van der Waals surface area contributed by atoms with Gasteiger partial charge in [-0.1, -0.05) is 97.8 Å². The Hall–Kier alpha value is -5.09. The van der Waals surface area contributed by atoms with E-state index in [9.17, 15) is 4.79 Å². The number of aromatic nitrogens is 2. The molecule has 0 aliphatic heterocycles. The number of benzene rings is 5. The van der Waals surface area contributed by atoms with Crippen LogP contribution in [0, 0.1) is 17.8 Å². The van der Waals surface area contributed by atoms with Crippen LogP contribution in [0.1, 0.15) is 48.9 Å². The summed E-state index contributed by atoms with van der Waals surface area (Å²) in [5, 5.41) is 4.76. The molecular weight excluding hydrogens is 576 g/mol. The van der Waals surface area contributed by atoms with E-state index < -0.39 is 0 Å². The number of fused-ring (bicyclic) bond motifs is 8. The second-order valence-corrected chi connectivity index (χ2v) is 13.5. The number of para-hydroxylation sites is 4. The average molecular weight is 615 g/mol. The van der Waals surface area contributed by atoms with E-state index in [0.29, 0.717) is 12.2 Å². The van der Waals surface area contributed by atoms with Crippen LogP contribution in [-0.2, 0) is 4.74 Å². The molecule has 2 aliphatic rings. The Kier molecular flexibility index (Phi) is 6.96. The van der Waals surface area contributed by atoms with E-state index in [4.69, 9.17) is 4.74 Å². The van der Waals surface area contributed by atoms with Gasteiger partial charge in [0.05, 0.1) is 34.2 Å². The summed E-state index contributed by atoms with van der Waals surface area (Å²) in [5.41, 5.74) is 6.88. The molecule has 232 valence electrons. The molecule has 4 heteroatoms. The van der Waals surface area contributed by atoms with Gasteiger partial charge in [0, 0.05) is 32.9 Å². The summed E-state index contributed by atoms with van der Waals surface area (Å²) >= 11 is 0. The summed E-state index contributed by atoms with van der Waals surface area (Å²) in [6.45, 7) is 0.444. The van der Waals surface area contributed by atoms with E-state index in [1.165, 1.54) is 47.2 Å². The molecule has 2 heterocycles. The largest absolute Gasteiger partial charge is 0.462 e. The van der Waals surface area contributed by atoms with E-state index >= 15 is 0 Å². The van der Waals surface area contributed by atoms with Gasteiger partial charge >= 0.3 is 5.97 Å². The quantitative estimate of drug-likeness (QED) is 0.0921. The second kappa shape index (κ2) is 11.6. The highest BCUT2D eigenvalue weighted by atomic mass is 16.5. The SMILES string of the molecule is O=C(OCCCCCC1CC2C=CC1C2)c1cc(-n2c3ccccc3c3ccccc32)cc(-n2c3ccccc3c3ccccc32)c1. The lowest BCUT2D eigenvalue weighted by Gasteiger charge is -2.17. The van der Waals surface area contributed by atoms with Crippen LogP contribution in [0.4, 0.5) is 0 Å². The maximum atomic E-state index is 13.8. The Morgan fingerprint density at radius 2 is 1.11 bits per heavy atom. The number of carbonyl (C=O) groups is 1. The van der Waals surface area contributed by atoms with Gasteiger partial charge in [-0.2, -0.15) is 0 Å². The number of rotatable bonds is 9. The van der Waals surface area contributed by atoms with Crippen molar-refractivity contribution in [3.8, 4) is 11.4 Å². The molecule has 3 unspecified atom stereocenters. The highest BCUT2D eigenvalue weighted by Crippen LogP contribution is 2.45. The van der Waals surface area contributed by atoms with Gasteiger partial charge < -0.3 is 13.9 Å². The van der Waals surface area contributed by atoms with E-state index in [0.717, 1.165) is 64.0 Å². The number of nitrogens with zero attached hydrogens (tertiary/aromatic N) is 2. The van der Waals surface area contributed by atoms with Gasteiger partial charge in [-0.05, 0) is 85.9 Å². The highest BCUT2D eigenvalue weighted by molar-refractivity contribution is 6.10. The minimum atomic E-state index is -0.270. The number of carbonyl (C=O) groups excluding carboxylic acids is 1. The molecule has 0 N–H and O–H groups in total. The van der Waals surface area contributed by atoms with E-state index in [2.05, 4.69) is 124 Å². The summed E-state index contributed by atoms with van der Waals surface area (Å²) in [7, 11) is 0. The first-order valence-corrected chi connectivity index (χ1v) is 17.2. The lowest BCUT2D eigenvalue weighted by Crippen LogP contribution is -2.10. The van der Waals surface area contributed by atoms with Crippen LogP contribution in [0.15, 0.2) is 127 Å². The van der Waals surface area contributed by atoms with Crippen molar-refractivity contribution >= 4 is 49.6 Å². The fourth-order valence-corrected chi connectivity index (χ4v) is 8.53. The molecule has 0 spiro atoms. The van der Waals surface area contributed by atoms with Crippen molar-refractivity contribution < 1.29 is 9.53 Å². The summed E-state index contributed by atoms with van der Waals surface area (Å²) in [6, 6.07) is 40.2. The number of unbranched alkanes of at least 4 members (excludes halogenated alkanes) is 2. The van der Waals surface area contributed by atoms with Gasteiger partial charge in [0.2, 0.25) is 0 Å². The summed E-state index contributed by atoms with van der Waals surface area (Å²) in [6.07, 6.45) is 12.1. The third-order valence-electron chi connectivity index (χ3n) is 10.7. The van der Waals surface area contributed by atoms with Crippen LogP contribution in [0.2, 0.25) is 0 Å². The van der Waals surface area contributed by atoms with Gasteiger partial charge in [-0.15, -0.1) is 0 Å². The number of ether oxygens (including phenoxy) is 1. The lowest BCUT2D eigenvalue weighted by molar-refractivity contribution is 0.0497.